The van der Waals surface area contributed by atoms with Crippen LogP contribution in [0.1, 0.15) is 24.3 Å². The molecule has 6 aliphatic rings. The second-order valence-electron chi connectivity index (χ2n) is 14.8. The number of imide groups is 2. The molecule has 4 aliphatic heterocycles. The van der Waals surface area contributed by atoms with E-state index in [9.17, 15) is 24.3 Å². The minimum absolute atomic E-state index is 0.0449. The number of aromatic hydroxyl groups is 1. The van der Waals surface area contributed by atoms with Gasteiger partial charge in [-0.15, -0.1) is 0 Å². The van der Waals surface area contributed by atoms with Gasteiger partial charge in [-0.05, 0) is 85.0 Å². The van der Waals surface area contributed by atoms with Gasteiger partial charge < -0.3 is 29.1 Å². The number of carbonyl (C=O) groups excluding carboxylic acids is 4. The highest BCUT2D eigenvalue weighted by Crippen LogP contribution is 2.59. The van der Waals surface area contributed by atoms with Gasteiger partial charge in [0, 0.05) is 43.5 Å². The van der Waals surface area contributed by atoms with E-state index in [0.717, 1.165) is 43.1 Å². The molecule has 2 aliphatic carbocycles. The molecular weight excluding hydrogens is 712 g/mol. The Morgan fingerprint density at radius 2 is 1.17 bits per heavy atom. The van der Waals surface area contributed by atoms with Crippen molar-refractivity contribution in [3.63, 3.8) is 0 Å². The normalized spacial score (nSPS) is 28.2. The zero-order valence-electron chi connectivity index (χ0n) is 29.9. The van der Waals surface area contributed by atoms with Gasteiger partial charge in [0.15, 0.2) is 11.5 Å². The molecule has 3 aromatic rings. The van der Waals surface area contributed by atoms with Gasteiger partial charge in [-0.1, -0.05) is 23.3 Å². The number of methoxy groups -OCH3 is 1. The average molecular weight is 753 g/mol. The van der Waals surface area contributed by atoms with Gasteiger partial charge in [-0.25, -0.2) is 0 Å². The molecule has 12 nitrogen and oxygen atoms in total. The van der Waals surface area contributed by atoms with Gasteiger partial charge in [0.1, 0.15) is 0 Å². The largest absolute Gasteiger partial charge is 0.503 e. The van der Waals surface area contributed by atoms with Crippen molar-refractivity contribution in [3.8, 4) is 11.5 Å². The molecule has 280 valence electrons. The Morgan fingerprint density at radius 3 is 1.70 bits per heavy atom. The van der Waals surface area contributed by atoms with Gasteiger partial charge in [-0.2, -0.15) is 0 Å². The van der Waals surface area contributed by atoms with E-state index in [1.807, 2.05) is 42.5 Å². The van der Waals surface area contributed by atoms with Crippen LogP contribution in [0.25, 0.3) is 0 Å². The third-order valence-corrected chi connectivity index (χ3v) is 12.5. The first-order chi connectivity index (χ1) is 26.2. The minimum Gasteiger partial charge on any atom is -0.503 e. The molecule has 1 saturated carbocycles. The molecular formula is C41H41ClN4O8. The fraction of sp³-hybridized carbons (Fsp3) is 0.415. The van der Waals surface area contributed by atoms with Crippen molar-refractivity contribution in [1.29, 1.82) is 0 Å². The second kappa shape index (κ2) is 13.7. The molecule has 4 amide bonds. The van der Waals surface area contributed by atoms with Crippen molar-refractivity contribution in [2.24, 2.45) is 29.6 Å². The number of benzene rings is 3. The van der Waals surface area contributed by atoms with Crippen LogP contribution in [0, 0.1) is 29.6 Å². The standard InChI is InChI=1S/C41H41ClN4O8/c1-52-33-21-23(20-32(42)37(33)47)34-28-10-11-29-35(40(50)45(38(29)48)26-6-2-24(3-7-26)43-12-16-53-17-13-43)30(28)22-31-36(34)41(51)46(39(31)49)27-8-4-25(5-9-27)44-14-18-54-19-15-44/h2-10,20-21,29-31,34-36,47H,11-19,22H2,1H3. The van der Waals surface area contributed by atoms with Crippen LogP contribution in [0.15, 0.2) is 72.3 Å². The molecule has 0 spiro atoms. The van der Waals surface area contributed by atoms with Crippen LogP contribution >= 0.6 is 11.6 Å². The third kappa shape index (κ3) is 5.56. The van der Waals surface area contributed by atoms with E-state index in [1.54, 1.807) is 24.3 Å². The zero-order chi connectivity index (χ0) is 37.2. The number of ether oxygens (including phenoxy) is 3. The highest BCUT2D eigenvalue weighted by atomic mass is 35.5. The monoisotopic (exact) mass is 752 g/mol. The number of allylic oxidation sites excluding steroid dienone is 2. The number of phenolic OH excluding ortho intramolecular Hbond substituents is 1. The lowest BCUT2D eigenvalue weighted by atomic mass is 9.57. The molecule has 1 N–H and O–H groups in total. The Kier molecular flexibility index (Phi) is 8.86. The summed E-state index contributed by atoms with van der Waals surface area (Å²) in [6, 6.07) is 18.2. The quantitative estimate of drug-likeness (QED) is 0.278. The van der Waals surface area contributed by atoms with Crippen molar-refractivity contribution >= 4 is 58.0 Å². The molecule has 4 saturated heterocycles. The van der Waals surface area contributed by atoms with E-state index in [1.165, 1.54) is 16.9 Å². The Morgan fingerprint density at radius 1 is 0.667 bits per heavy atom. The van der Waals surface area contributed by atoms with Crippen LogP contribution in [-0.2, 0) is 28.7 Å². The number of phenols is 1. The van der Waals surface area contributed by atoms with Crippen molar-refractivity contribution in [2.45, 2.75) is 18.8 Å². The van der Waals surface area contributed by atoms with E-state index in [2.05, 4.69) is 9.80 Å². The molecule has 0 bridgehead atoms. The summed E-state index contributed by atoms with van der Waals surface area (Å²) in [6.07, 6.45) is 2.55. The second-order valence-corrected chi connectivity index (χ2v) is 15.2. The number of anilines is 4. The van der Waals surface area contributed by atoms with Gasteiger partial charge in [0.2, 0.25) is 23.6 Å². The summed E-state index contributed by atoms with van der Waals surface area (Å²) >= 11 is 6.54. The summed E-state index contributed by atoms with van der Waals surface area (Å²) in [5.74, 6) is -5.33. The molecule has 0 radical (unpaired) electrons. The fourth-order valence-electron chi connectivity index (χ4n) is 9.67. The predicted molar refractivity (Wildman–Crippen MR) is 201 cm³/mol. The first kappa shape index (κ1) is 34.8. The SMILES string of the molecule is COc1cc(C2C3=CCC4C(=O)N(c5ccc(N6CCOCC6)cc5)C(=O)C4C3CC3C(=O)N(c4ccc(N5CCOCC5)cc4)C(=O)C32)cc(Cl)c1O. The molecule has 9 rings (SSSR count). The first-order valence-corrected chi connectivity index (χ1v) is 19.0. The summed E-state index contributed by atoms with van der Waals surface area (Å²) in [7, 11) is 1.42. The summed E-state index contributed by atoms with van der Waals surface area (Å²) in [5, 5.41) is 10.7. The predicted octanol–water partition coefficient (Wildman–Crippen LogP) is 4.77. The van der Waals surface area contributed by atoms with E-state index < -0.39 is 35.5 Å². The number of nitrogens with zero attached hydrogens (tertiary/aromatic N) is 4. The molecule has 3 aromatic carbocycles. The molecule has 6 unspecified atom stereocenters. The van der Waals surface area contributed by atoms with E-state index in [0.29, 0.717) is 49.8 Å². The highest BCUT2D eigenvalue weighted by Gasteiger charge is 2.62. The van der Waals surface area contributed by atoms with Gasteiger partial charge in [0.25, 0.3) is 0 Å². The highest BCUT2D eigenvalue weighted by molar-refractivity contribution is 6.32. The topological polar surface area (TPSA) is 129 Å². The van der Waals surface area contributed by atoms with Crippen molar-refractivity contribution in [1.82, 2.24) is 0 Å². The molecule has 13 heteroatoms. The van der Waals surface area contributed by atoms with Crippen molar-refractivity contribution in [2.75, 3.05) is 79.3 Å². The first-order valence-electron chi connectivity index (χ1n) is 18.6. The lowest BCUT2D eigenvalue weighted by Crippen LogP contribution is -2.43. The number of halogens is 1. The van der Waals surface area contributed by atoms with Crippen LogP contribution in [0.2, 0.25) is 5.02 Å². The lowest BCUT2D eigenvalue weighted by molar-refractivity contribution is -0.126. The summed E-state index contributed by atoms with van der Waals surface area (Å²) < 4.78 is 16.5. The Balaban J connectivity index is 1.07. The summed E-state index contributed by atoms with van der Waals surface area (Å²) in [6.45, 7) is 5.59. The molecule has 0 aromatic heterocycles. The molecule has 4 heterocycles. The van der Waals surface area contributed by atoms with Crippen molar-refractivity contribution < 1.29 is 38.5 Å². The minimum atomic E-state index is -0.795. The number of amides is 4. The third-order valence-electron chi connectivity index (χ3n) is 12.2. The van der Waals surface area contributed by atoms with Crippen LogP contribution in [0.4, 0.5) is 22.7 Å². The maximum absolute atomic E-state index is 14.6. The maximum Gasteiger partial charge on any atom is 0.238 e. The summed E-state index contributed by atoms with van der Waals surface area (Å²) in [5.41, 5.74) is 4.39. The van der Waals surface area contributed by atoms with Crippen molar-refractivity contribution in [3.05, 3.63) is 82.9 Å². The zero-order valence-corrected chi connectivity index (χ0v) is 30.6. The van der Waals surface area contributed by atoms with E-state index >= 15 is 0 Å². The number of morpholine rings is 2. The Bertz CT molecular complexity index is 2040. The van der Waals surface area contributed by atoms with Crippen LogP contribution < -0.4 is 24.3 Å². The van der Waals surface area contributed by atoms with Crippen LogP contribution in [-0.4, -0.2) is 88.5 Å². The number of carbonyl (C=O) groups is 4. The smallest absolute Gasteiger partial charge is 0.238 e. The Hall–Kier alpha value is -4.91. The van der Waals surface area contributed by atoms with E-state index in [4.69, 9.17) is 25.8 Å². The maximum atomic E-state index is 14.6. The molecule has 5 fully saturated rings. The molecule has 6 atom stereocenters. The van der Waals surface area contributed by atoms with Gasteiger partial charge in [-0.3, -0.25) is 29.0 Å². The van der Waals surface area contributed by atoms with Gasteiger partial charge in [0.05, 0.1) is 73.6 Å². The summed E-state index contributed by atoms with van der Waals surface area (Å²) in [4.78, 5) is 64.8. The number of fused-ring (bicyclic) bond motifs is 4. The van der Waals surface area contributed by atoms with Gasteiger partial charge >= 0.3 is 0 Å². The average Bonchev–Trinajstić information content (AvgIpc) is 3.62. The Labute approximate surface area is 317 Å². The van der Waals surface area contributed by atoms with Crippen LogP contribution in [0.5, 0.6) is 11.5 Å². The number of hydrogen-bond donors (Lipinski definition) is 1. The molecule has 54 heavy (non-hydrogen) atoms. The number of rotatable bonds is 6. The fourth-order valence-corrected chi connectivity index (χ4v) is 9.89. The van der Waals surface area contributed by atoms with Crippen LogP contribution in [0.3, 0.4) is 0 Å². The lowest BCUT2D eigenvalue weighted by Gasteiger charge is -2.44. The number of hydrogen-bond acceptors (Lipinski definition) is 10. The van der Waals surface area contributed by atoms with E-state index in [-0.39, 0.29) is 46.6 Å².